The Balaban J connectivity index is 2.70. The van der Waals surface area contributed by atoms with Crippen molar-refractivity contribution in [2.75, 3.05) is 6.61 Å². The molecule has 0 aliphatic heterocycles. The second-order valence-corrected chi connectivity index (χ2v) is 6.83. The molecule has 0 radical (unpaired) electrons. The number of nitrogens with one attached hydrogen (secondary N) is 1. The third kappa shape index (κ3) is 5.73. The standard InChI is InChI=1S/C14H21NO5S/c1-10(2)11(3)15-21(18,19)13-6-4-12(5-7-13)20-9-8-14(16)17/h4-7,10-11,15H,8-9H2,1-3H3,(H,16,17). The van der Waals surface area contributed by atoms with Gasteiger partial charge < -0.3 is 9.84 Å². The van der Waals surface area contributed by atoms with Gasteiger partial charge in [-0.3, -0.25) is 4.79 Å². The fourth-order valence-electron chi connectivity index (χ4n) is 1.42. The van der Waals surface area contributed by atoms with E-state index < -0.39 is 16.0 Å². The van der Waals surface area contributed by atoms with Gasteiger partial charge in [-0.2, -0.15) is 0 Å². The minimum atomic E-state index is -3.55. The van der Waals surface area contributed by atoms with Crippen LogP contribution in [0.4, 0.5) is 0 Å². The van der Waals surface area contributed by atoms with Gasteiger partial charge in [0.05, 0.1) is 17.9 Å². The lowest BCUT2D eigenvalue weighted by Crippen LogP contribution is -2.36. The smallest absolute Gasteiger partial charge is 0.306 e. The minimum absolute atomic E-state index is 0.0457. The Morgan fingerprint density at radius 1 is 1.24 bits per heavy atom. The summed E-state index contributed by atoms with van der Waals surface area (Å²) in [6, 6.07) is 5.73. The number of carbonyl (C=O) groups is 1. The summed E-state index contributed by atoms with van der Waals surface area (Å²) >= 11 is 0. The van der Waals surface area contributed by atoms with Crippen molar-refractivity contribution in [1.82, 2.24) is 4.72 Å². The average Bonchev–Trinajstić information content (AvgIpc) is 2.38. The van der Waals surface area contributed by atoms with E-state index in [-0.39, 0.29) is 29.9 Å². The van der Waals surface area contributed by atoms with Gasteiger partial charge in [0.15, 0.2) is 0 Å². The van der Waals surface area contributed by atoms with Crippen LogP contribution in [0.3, 0.4) is 0 Å². The molecule has 1 rings (SSSR count). The number of carboxylic acids is 1. The van der Waals surface area contributed by atoms with Crippen LogP contribution in [0, 0.1) is 5.92 Å². The second kappa shape index (κ2) is 7.42. The molecule has 118 valence electrons. The van der Waals surface area contributed by atoms with Crippen LogP contribution >= 0.6 is 0 Å². The SMILES string of the molecule is CC(C)C(C)NS(=O)(=O)c1ccc(OCCC(=O)O)cc1. The van der Waals surface area contributed by atoms with Crippen molar-refractivity contribution in [3.63, 3.8) is 0 Å². The zero-order valence-electron chi connectivity index (χ0n) is 12.4. The van der Waals surface area contributed by atoms with Gasteiger partial charge in [-0.25, -0.2) is 13.1 Å². The number of rotatable bonds is 8. The summed E-state index contributed by atoms with van der Waals surface area (Å²) in [6.45, 7) is 5.73. The van der Waals surface area contributed by atoms with Crippen LogP contribution in [0.5, 0.6) is 5.75 Å². The molecule has 0 amide bonds. The van der Waals surface area contributed by atoms with Crippen molar-refractivity contribution in [2.45, 2.75) is 38.1 Å². The van der Waals surface area contributed by atoms with Crippen LogP contribution < -0.4 is 9.46 Å². The number of carboxylic acid groups (broad SMARTS) is 1. The Morgan fingerprint density at radius 2 is 1.81 bits per heavy atom. The number of hydrogen-bond donors (Lipinski definition) is 2. The molecule has 0 heterocycles. The van der Waals surface area contributed by atoms with Crippen molar-refractivity contribution in [3.05, 3.63) is 24.3 Å². The first-order valence-electron chi connectivity index (χ1n) is 6.69. The van der Waals surface area contributed by atoms with E-state index in [1.54, 1.807) is 0 Å². The van der Waals surface area contributed by atoms with Crippen molar-refractivity contribution in [1.29, 1.82) is 0 Å². The molecule has 0 aliphatic rings. The highest BCUT2D eigenvalue weighted by molar-refractivity contribution is 7.89. The number of aliphatic carboxylic acids is 1. The quantitative estimate of drug-likeness (QED) is 0.764. The first kappa shape index (κ1) is 17.5. The zero-order chi connectivity index (χ0) is 16.0. The molecular weight excluding hydrogens is 294 g/mol. The molecule has 0 aromatic heterocycles. The Kier molecular flexibility index (Phi) is 6.17. The zero-order valence-corrected chi connectivity index (χ0v) is 13.2. The number of hydrogen-bond acceptors (Lipinski definition) is 4. The summed E-state index contributed by atoms with van der Waals surface area (Å²) in [5.41, 5.74) is 0. The predicted molar refractivity (Wildman–Crippen MR) is 78.8 cm³/mol. The van der Waals surface area contributed by atoms with Gasteiger partial charge in [0.2, 0.25) is 10.0 Å². The lowest BCUT2D eigenvalue weighted by molar-refractivity contribution is -0.137. The maximum absolute atomic E-state index is 12.1. The van der Waals surface area contributed by atoms with Crippen molar-refractivity contribution < 1.29 is 23.1 Å². The van der Waals surface area contributed by atoms with Crippen molar-refractivity contribution in [2.24, 2.45) is 5.92 Å². The molecule has 0 saturated carbocycles. The van der Waals surface area contributed by atoms with Crippen molar-refractivity contribution >= 4 is 16.0 Å². The molecule has 0 fully saturated rings. The monoisotopic (exact) mass is 315 g/mol. The molecule has 1 unspecified atom stereocenters. The number of benzene rings is 1. The van der Waals surface area contributed by atoms with Gasteiger partial charge in [-0.15, -0.1) is 0 Å². The summed E-state index contributed by atoms with van der Waals surface area (Å²) in [7, 11) is -3.55. The Morgan fingerprint density at radius 3 is 2.29 bits per heavy atom. The molecule has 0 bridgehead atoms. The highest BCUT2D eigenvalue weighted by Gasteiger charge is 2.19. The highest BCUT2D eigenvalue weighted by atomic mass is 32.2. The van der Waals surface area contributed by atoms with Crippen LogP contribution in [0.2, 0.25) is 0 Å². The molecular formula is C14H21NO5S. The lowest BCUT2D eigenvalue weighted by Gasteiger charge is -2.17. The molecule has 1 atom stereocenters. The lowest BCUT2D eigenvalue weighted by atomic mass is 10.1. The molecule has 0 saturated heterocycles. The molecule has 21 heavy (non-hydrogen) atoms. The molecule has 6 nitrogen and oxygen atoms in total. The maximum Gasteiger partial charge on any atom is 0.306 e. The van der Waals surface area contributed by atoms with E-state index in [1.165, 1.54) is 24.3 Å². The largest absolute Gasteiger partial charge is 0.493 e. The first-order chi connectivity index (χ1) is 9.72. The second-order valence-electron chi connectivity index (χ2n) is 5.12. The summed E-state index contributed by atoms with van der Waals surface area (Å²) in [5.74, 6) is -0.313. The Bertz CT molecular complexity index is 566. The third-order valence-corrected chi connectivity index (χ3v) is 4.63. The fourth-order valence-corrected chi connectivity index (χ4v) is 2.81. The summed E-state index contributed by atoms with van der Waals surface area (Å²) in [5, 5.41) is 8.50. The predicted octanol–water partition coefficient (Wildman–Crippen LogP) is 1.86. The van der Waals surface area contributed by atoms with Gasteiger partial charge >= 0.3 is 5.97 Å². The number of ether oxygens (including phenoxy) is 1. The maximum atomic E-state index is 12.1. The molecule has 2 N–H and O–H groups in total. The van der Waals surface area contributed by atoms with E-state index in [2.05, 4.69) is 4.72 Å². The average molecular weight is 315 g/mol. The molecule has 0 aliphatic carbocycles. The van der Waals surface area contributed by atoms with Gasteiger partial charge in [-0.05, 0) is 37.1 Å². The van der Waals surface area contributed by atoms with Crippen LogP contribution in [0.1, 0.15) is 27.2 Å². The van der Waals surface area contributed by atoms with E-state index in [1.807, 2.05) is 20.8 Å². The third-order valence-electron chi connectivity index (χ3n) is 3.06. The van der Waals surface area contributed by atoms with Crippen LogP contribution in [0.15, 0.2) is 29.2 Å². The van der Waals surface area contributed by atoms with Gasteiger partial charge in [0.1, 0.15) is 5.75 Å². The molecule has 1 aromatic carbocycles. The van der Waals surface area contributed by atoms with E-state index in [0.29, 0.717) is 5.75 Å². The topological polar surface area (TPSA) is 92.7 Å². The van der Waals surface area contributed by atoms with Gasteiger partial charge in [0, 0.05) is 6.04 Å². The molecule has 7 heteroatoms. The minimum Gasteiger partial charge on any atom is -0.493 e. The van der Waals surface area contributed by atoms with Crippen molar-refractivity contribution in [3.8, 4) is 5.75 Å². The summed E-state index contributed by atoms with van der Waals surface area (Å²) in [6.07, 6.45) is -0.104. The Hall–Kier alpha value is -1.60. The van der Waals surface area contributed by atoms with E-state index >= 15 is 0 Å². The van der Waals surface area contributed by atoms with Gasteiger partial charge in [0.25, 0.3) is 0 Å². The summed E-state index contributed by atoms with van der Waals surface area (Å²) in [4.78, 5) is 10.5. The normalized spacial score (nSPS) is 13.1. The highest BCUT2D eigenvalue weighted by Crippen LogP contribution is 2.17. The number of sulfonamides is 1. The molecule has 0 spiro atoms. The van der Waals surface area contributed by atoms with Crippen LogP contribution in [-0.2, 0) is 14.8 Å². The fraction of sp³-hybridized carbons (Fsp3) is 0.500. The van der Waals surface area contributed by atoms with E-state index in [9.17, 15) is 13.2 Å². The first-order valence-corrected chi connectivity index (χ1v) is 8.17. The van der Waals surface area contributed by atoms with Gasteiger partial charge in [-0.1, -0.05) is 13.8 Å². The Labute approximate surface area is 125 Å². The van der Waals surface area contributed by atoms with E-state index in [4.69, 9.17) is 9.84 Å². The van der Waals surface area contributed by atoms with Crippen LogP contribution in [-0.4, -0.2) is 32.1 Å². The van der Waals surface area contributed by atoms with Crippen LogP contribution in [0.25, 0.3) is 0 Å². The summed E-state index contributed by atoms with van der Waals surface area (Å²) < 4.78 is 32.1. The molecule has 1 aromatic rings. The van der Waals surface area contributed by atoms with E-state index in [0.717, 1.165) is 0 Å².